The first-order valence-corrected chi connectivity index (χ1v) is 7.55. The van der Waals surface area contributed by atoms with Crippen molar-refractivity contribution in [2.45, 2.75) is 18.9 Å². The number of nitrogens with zero attached hydrogens (tertiary/aromatic N) is 2. The fraction of sp³-hybridized carbons (Fsp3) is 0.412. The van der Waals surface area contributed by atoms with Gasteiger partial charge < -0.3 is 18.8 Å². The summed E-state index contributed by atoms with van der Waals surface area (Å²) >= 11 is 0. The van der Waals surface area contributed by atoms with Crippen LogP contribution < -0.4 is 4.74 Å². The number of methoxy groups -OCH3 is 1. The second-order valence-electron chi connectivity index (χ2n) is 5.78. The number of aromatic nitrogens is 1. The van der Waals surface area contributed by atoms with Crippen LogP contribution in [-0.4, -0.2) is 48.2 Å². The summed E-state index contributed by atoms with van der Waals surface area (Å²) in [4.78, 5) is 17.8. The van der Waals surface area contributed by atoms with E-state index in [9.17, 15) is 4.79 Å². The van der Waals surface area contributed by atoms with E-state index in [-0.39, 0.29) is 11.7 Å². The average molecular weight is 316 g/mol. The molecular formula is C17H20N2O4. The number of carbonyl (C=O) groups is 1. The Morgan fingerprint density at radius 1 is 1.43 bits per heavy atom. The Kier molecular flexibility index (Phi) is 4.34. The molecule has 1 fully saturated rings. The van der Waals surface area contributed by atoms with Gasteiger partial charge in [-0.05, 0) is 25.0 Å². The van der Waals surface area contributed by atoms with Gasteiger partial charge in [0.1, 0.15) is 18.0 Å². The number of likely N-dealkylation sites (tertiary alicyclic amines) is 1. The largest absolute Gasteiger partial charge is 0.490 e. The zero-order valence-electron chi connectivity index (χ0n) is 13.3. The number of oxazole rings is 1. The first kappa shape index (κ1) is 15.6. The Labute approximate surface area is 135 Å². The van der Waals surface area contributed by atoms with E-state index in [2.05, 4.69) is 4.98 Å². The zero-order valence-corrected chi connectivity index (χ0v) is 13.3. The lowest BCUT2D eigenvalue weighted by molar-refractivity contribution is -0.0345. The topological polar surface area (TPSA) is 64.8 Å². The lowest BCUT2D eigenvalue weighted by Gasteiger charge is -2.28. The molecule has 6 nitrogen and oxygen atoms in total. The molecule has 0 bridgehead atoms. The third kappa shape index (κ3) is 3.22. The van der Waals surface area contributed by atoms with Crippen LogP contribution in [0, 0.1) is 6.92 Å². The number of rotatable bonds is 5. The lowest BCUT2D eigenvalue weighted by atomic mass is 10.0. The zero-order chi connectivity index (χ0) is 16.3. The predicted molar refractivity (Wildman–Crippen MR) is 83.4 cm³/mol. The summed E-state index contributed by atoms with van der Waals surface area (Å²) in [6, 6.07) is 7.85. The maximum atomic E-state index is 12.3. The van der Waals surface area contributed by atoms with E-state index in [1.807, 2.05) is 31.2 Å². The molecule has 0 radical (unpaired) electrons. The molecule has 6 heteroatoms. The first-order chi connectivity index (χ1) is 11.1. The van der Waals surface area contributed by atoms with Crippen molar-refractivity contribution in [2.24, 2.45) is 0 Å². The molecule has 0 N–H and O–H groups in total. The molecule has 1 atom stereocenters. The van der Waals surface area contributed by atoms with Crippen molar-refractivity contribution in [3.63, 3.8) is 0 Å². The molecular weight excluding hydrogens is 296 g/mol. The standard InChI is InChI=1S/C17H20N2O4/c1-13-5-3-4-6-14(13)22-11-17(21-2)7-8-19(10-17)16(20)15-9-18-12-23-15/h3-6,9,12H,7-8,10-11H2,1-2H3. The van der Waals surface area contributed by atoms with Gasteiger partial charge in [-0.3, -0.25) is 4.79 Å². The van der Waals surface area contributed by atoms with E-state index in [0.717, 1.165) is 17.7 Å². The van der Waals surface area contributed by atoms with E-state index in [1.54, 1.807) is 12.0 Å². The van der Waals surface area contributed by atoms with E-state index in [0.29, 0.717) is 19.7 Å². The summed E-state index contributed by atoms with van der Waals surface area (Å²) in [5.74, 6) is 0.915. The highest BCUT2D eigenvalue weighted by Crippen LogP contribution is 2.28. The summed E-state index contributed by atoms with van der Waals surface area (Å²) in [6.07, 6.45) is 3.41. The fourth-order valence-electron chi connectivity index (χ4n) is 2.77. The highest BCUT2D eigenvalue weighted by Gasteiger charge is 2.42. The quantitative estimate of drug-likeness (QED) is 0.847. The van der Waals surface area contributed by atoms with E-state index in [4.69, 9.17) is 13.9 Å². The van der Waals surface area contributed by atoms with Gasteiger partial charge in [-0.25, -0.2) is 4.98 Å². The number of para-hydroxylation sites is 1. The molecule has 1 unspecified atom stereocenters. The number of carbonyl (C=O) groups excluding carboxylic acids is 1. The molecule has 122 valence electrons. The minimum Gasteiger partial charge on any atom is -0.490 e. The van der Waals surface area contributed by atoms with Gasteiger partial charge >= 0.3 is 0 Å². The number of hydrogen-bond donors (Lipinski definition) is 0. The molecule has 0 saturated carbocycles. The minimum atomic E-state index is -0.502. The van der Waals surface area contributed by atoms with Crippen molar-refractivity contribution >= 4 is 5.91 Å². The van der Waals surface area contributed by atoms with Gasteiger partial charge in [0.25, 0.3) is 5.91 Å². The maximum Gasteiger partial charge on any atom is 0.291 e. The van der Waals surface area contributed by atoms with Crippen molar-refractivity contribution in [2.75, 3.05) is 26.8 Å². The van der Waals surface area contributed by atoms with Gasteiger partial charge in [-0.2, -0.15) is 0 Å². The lowest BCUT2D eigenvalue weighted by Crippen LogP contribution is -2.42. The van der Waals surface area contributed by atoms with E-state index >= 15 is 0 Å². The minimum absolute atomic E-state index is 0.169. The number of hydrogen-bond acceptors (Lipinski definition) is 5. The van der Waals surface area contributed by atoms with Crippen LogP contribution in [-0.2, 0) is 4.74 Å². The van der Waals surface area contributed by atoms with Crippen molar-refractivity contribution < 1.29 is 18.7 Å². The summed E-state index contributed by atoms with van der Waals surface area (Å²) in [5, 5.41) is 0. The third-order valence-electron chi connectivity index (χ3n) is 4.26. The van der Waals surface area contributed by atoms with Crippen LogP contribution in [0.25, 0.3) is 0 Å². The van der Waals surface area contributed by atoms with Gasteiger partial charge in [0, 0.05) is 13.7 Å². The third-order valence-corrected chi connectivity index (χ3v) is 4.26. The van der Waals surface area contributed by atoms with Crippen molar-refractivity contribution in [1.29, 1.82) is 0 Å². The highest BCUT2D eigenvalue weighted by molar-refractivity contribution is 5.91. The van der Waals surface area contributed by atoms with Crippen molar-refractivity contribution in [3.8, 4) is 5.75 Å². The Balaban J connectivity index is 1.66. The van der Waals surface area contributed by atoms with E-state index in [1.165, 1.54) is 12.6 Å². The SMILES string of the molecule is COC1(COc2ccccc2C)CCN(C(=O)c2cnco2)C1. The summed E-state index contributed by atoms with van der Waals surface area (Å²) in [5.41, 5.74) is 0.573. The Bertz CT molecular complexity index is 671. The summed E-state index contributed by atoms with van der Waals surface area (Å²) < 4.78 is 16.7. The van der Waals surface area contributed by atoms with Crippen LogP contribution in [0.5, 0.6) is 5.75 Å². The molecule has 3 rings (SSSR count). The fourth-order valence-corrected chi connectivity index (χ4v) is 2.77. The maximum absolute atomic E-state index is 12.3. The van der Waals surface area contributed by atoms with Crippen LogP contribution in [0.15, 0.2) is 41.3 Å². The van der Waals surface area contributed by atoms with Gasteiger partial charge in [0.05, 0.1) is 12.7 Å². The number of ether oxygens (including phenoxy) is 2. The summed E-state index contributed by atoms with van der Waals surface area (Å²) in [7, 11) is 1.66. The number of aryl methyl sites for hydroxylation is 1. The van der Waals surface area contributed by atoms with E-state index < -0.39 is 5.60 Å². The smallest absolute Gasteiger partial charge is 0.291 e. The molecule has 1 aliphatic heterocycles. The van der Waals surface area contributed by atoms with Crippen LogP contribution in [0.2, 0.25) is 0 Å². The van der Waals surface area contributed by atoms with Gasteiger partial charge in [-0.1, -0.05) is 18.2 Å². The number of amides is 1. The Hall–Kier alpha value is -2.34. The molecule has 2 aromatic rings. The highest BCUT2D eigenvalue weighted by atomic mass is 16.5. The Morgan fingerprint density at radius 2 is 2.26 bits per heavy atom. The molecule has 1 saturated heterocycles. The first-order valence-electron chi connectivity index (χ1n) is 7.55. The average Bonchev–Trinajstić information content (AvgIpc) is 3.24. The summed E-state index contributed by atoms with van der Waals surface area (Å²) in [6.45, 7) is 3.47. The second kappa shape index (κ2) is 6.42. The molecule has 1 aliphatic rings. The predicted octanol–water partition coefficient (Wildman–Crippen LogP) is 2.29. The molecule has 0 aliphatic carbocycles. The molecule has 2 heterocycles. The van der Waals surface area contributed by atoms with Crippen LogP contribution >= 0.6 is 0 Å². The Morgan fingerprint density at radius 3 is 2.96 bits per heavy atom. The van der Waals surface area contributed by atoms with Gasteiger partial charge in [0.15, 0.2) is 6.39 Å². The monoisotopic (exact) mass is 316 g/mol. The molecule has 1 aromatic carbocycles. The van der Waals surface area contributed by atoms with Crippen molar-refractivity contribution in [1.82, 2.24) is 9.88 Å². The number of benzene rings is 1. The van der Waals surface area contributed by atoms with Crippen molar-refractivity contribution in [3.05, 3.63) is 48.2 Å². The second-order valence-corrected chi connectivity index (χ2v) is 5.78. The molecule has 0 spiro atoms. The normalized spacial score (nSPS) is 20.7. The molecule has 1 amide bonds. The van der Waals surface area contributed by atoms with Gasteiger partial charge in [-0.15, -0.1) is 0 Å². The van der Waals surface area contributed by atoms with Gasteiger partial charge in [0.2, 0.25) is 5.76 Å². The van der Waals surface area contributed by atoms with Crippen LogP contribution in [0.3, 0.4) is 0 Å². The molecule has 1 aromatic heterocycles. The van der Waals surface area contributed by atoms with Crippen LogP contribution in [0.1, 0.15) is 22.5 Å². The van der Waals surface area contributed by atoms with Crippen LogP contribution in [0.4, 0.5) is 0 Å². The molecule has 23 heavy (non-hydrogen) atoms.